The van der Waals surface area contributed by atoms with Crippen molar-refractivity contribution in [1.82, 2.24) is 4.98 Å². The summed E-state index contributed by atoms with van der Waals surface area (Å²) in [4.78, 5) is 14.3. The molecule has 0 bridgehead atoms. The molecule has 0 N–H and O–H groups in total. The molecule has 1 heterocycles. The Kier molecular flexibility index (Phi) is 2.36. The number of rotatable bonds is 1. The first-order chi connectivity index (χ1) is 7.11. The third-order valence-corrected chi connectivity index (χ3v) is 2.26. The van der Waals surface area contributed by atoms with Gasteiger partial charge in [-0.3, -0.25) is 4.79 Å². The molecule has 0 amide bonds. The maximum absolute atomic E-state index is 13.3. The van der Waals surface area contributed by atoms with Crippen LogP contribution in [0.5, 0.6) is 0 Å². The van der Waals surface area contributed by atoms with Gasteiger partial charge in [-0.15, -0.1) is 0 Å². The maximum Gasteiger partial charge on any atom is 0.153 e. The number of halogens is 3. The molecule has 76 valence electrons. The Morgan fingerprint density at radius 1 is 1.27 bits per heavy atom. The second-order valence-electron chi connectivity index (χ2n) is 2.94. The van der Waals surface area contributed by atoms with Gasteiger partial charge in [0.1, 0.15) is 16.8 Å². The molecule has 5 heteroatoms. The molecule has 2 aromatic rings. The first kappa shape index (κ1) is 9.98. The zero-order valence-corrected chi connectivity index (χ0v) is 8.05. The van der Waals surface area contributed by atoms with Crippen LogP contribution in [0.15, 0.2) is 18.2 Å². The SMILES string of the molecule is O=Cc1cc2c(F)cc(F)cc2nc1Cl. The van der Waals surface area contributed by atoms with Crippen LogP contribution in [0.25, 0.3) is 10.9 Å². The minimum absolute atomic E-state index is 0.0671. The molecule has 1 aromatic heterocycles. The van der Waals surface area contributed by atoms with Crippen LogP contribution in [0.2, 0.25) is 5.15 Å². The van der Waals surface area contributed by atoms with Crippen molar-refractivity contribution in [2.45, 2.75) is 0 Å². The summed E-state index contributed by atoms with van der Waals surface area (Å²) in [6.07, 6.45) is 0.470. The number of carbonyl (C=O) groups excluding carboxylic acids is 1. The van der Waals surface area contributed by atoms with Crippen molar-refractivity contribution >= 4 is 28.8 Å². The number of aldehydes is 1. The van der Waals surface area contributed by atoms with Crippen LogP contribution in [-0.4, -0.2) is 11.3 Å². The van der Waals surface area contributed by atoms with E-state index in [1.165, 1.54) is 6.07 Å². The summed E-state index contributed by atoms with van der Waals surface area (Å²) in [5.74, 6) is -1.50. The van der Waals surface area contributed by atoms with Crippen LogP contribution in [0.1, 0.15) is 10.4 Å². The standard InChI is InChI=1S/C10H4ClF2NO/c11-10-5(4-15)1-7-8(13)2-6(12)3-9(7)14-10/h1-4H. The molecule has 0 saturated carbocycles. The monoisotopic (exact) mass is 227 g/mol. The lowest BCUT2D eigenvalue weighted by Crippen LogP contribution is -1.91. The van der Waals surface area contributed by atoms with Crippen LogP contribution in [0.3, 0.4) is 0 Å². The van der Waals surface area contributed by atoms with Crippen LogP contribution in [0, 0.1) is 11.6 Å². The Balaban J connectivity index is 2.87. The smallest absolute Gasteiger partial charge is 0.153 e. The van der Waals surface area contributed by atoms with E-state index in [2.05, 4.69) is 4.98 Å². The highest BCUT2D eigenvalue weighted by molar-refractivity contribution is 6.32. The lowest BCUT2D eigenvalue weighted by molar-refractivity contribution is 0.112. The summed E-state index contributed by atoms with van der Waals surface area (Å²) in [6.45, 7) is 0. The van der Waals surface area contributed by atoms with E-state index in [9.17, 15) is 13.6 Å². The molecule has 0 saturated heterocycles. The summed E-state index contributed by atoms with van der Waals surface area (Å²) in [7, 11) is 0. The minimum atomic E-state index is -0.766. The van der Waals surface area contributed by atoms with Gasteiger partial charge in [-0.25, -0.2) is 13.8 Å². The van der Waals surface area contributed by atoms with Crippen LogP contribution < -0.4 is 0 Å². The van der Waals surface area contributed by atoms with E-state index in [0.717, 1.165) is 12.1 Å². The van der Waals surface area contributed by atoms with Crippen molar-refractivity contribution < 1.29 is 13.6 Å². The molecule has 0 unspecified atom stereocenters. The Morgan fingerprint density at radius 2 is 2.00 bits per heavy atom. The highest BCUT2D eigenvalue weighted by Gasteiger charge is 2.09. The maximum atomic E-state index is 13.3. The fraction of sp³-hybridized carbons (Fsp3) is 0. The normalized spacial score (nSPS) is 10.6. The number of pyridine rings is 1. The molecule has 0 fully saturated rings. The van der Waals surface area contributed by atoms with E-state index in [0.29, 0.717) is 6.29 Å². The molecular formula is C10H4ClF2NO. The van der Waals surface area contributed by atoms with Crippen molar-refractivity contribution in [1.29, 1.82) is 0 Å². The van der Waals surface area contributed by atoms with E-state index in [-0.39, 0.29) is 21.6 Å². The Bertz CT molecular complexity index is 557. The molecule has 2 nitrogen and oxygen atoms in total. The molecule has 0 radical (unpaired) electrons. The zero-order valence-electron chi connectivity index (χ0n) is 7.30. The minimum Gasteiger partial charge on any atom is -0.298 e. The Labute approximate surface area is 88.5 Å². The summed E-state index contributed by atoms with van der Waals surface area (Å²) >= 11 is 5.62. The molecule has 0 atom stereocenters. The van der Waals surface area contributed by atoms with Gasteiger partial charge in [0.2, 0.25) is 0 Å². The number of hydrogen-bond acceptors (Lipinski definition) is 2. The number of benzene rings is 1. The van der Waals surface area contributed by atoms with Crippen LogP contribution in [-0.2, 0) is 0 Å². The summed E-state index contributed by atoms with van der Waals surface area (Å²) in [6, 6.07) is 3.03. The Hall–Kier alpha value is -1.55. The highest BCUT2D eigenvalue weighted by Crippen LogP contribution is 2.22. The van der Waals surface area contributed by atoms with Gasteiger partial charge in [-0.1, -0.05) is 11.6 Å². The first-order valence-corrected chi connectivity index (χ1v) is 4.40. The molecular weight excluding hydrogens is 224 g/mol. The van der Waals surface area contributed by atoms with Crippen molar-refractivity contribution in [3.8, 4) is 0 Å². The summed E-state index contributed by atoms with van der Waals surface area (Å²) < 4.78 is 26.1. The van der Waals surface area contributed by atoms with E-state index >= 15 is 0 Å². The average molecular weight is 228 g/mol. The van der Waals surface area contributed by atoms with Crippen LogP contribution >= 0.6 is 11.6 Å². The van der Waals surface area contributed by atoms with Crippen molar-refractivity contribution in [2.24, 2.45) is 0 Å². The first-order valence-electron chi connectivity index (χ1n) is 4.02. The second kappa shape index (κ2) is 3.55. The average Bonchev–Trinajstić information content (AvgIpc) is 2.16. The van der Waals surface area contributed by atoms with Crippen molar-refractivity contribution in [3.05, 3.63) is 40.6 Å². The number of fused-ring (bicyclic) bond motifs is 1. The van der Waals surface area contributed by atoms with E-state index in [1.807, 2.05) is 0 Å². The van der Waals surface area contributed by atoms with Gasteiger partial charge in [-0.2, -0.15) is 0 Å². The predicted molar refractivity (Wildman–Crippen MR) is 52.1 cm³/mol. The lowest BCUT2D eigenvalue weighted by Gasteiger charge is -2.02. The van der Waals surface area contributed by atoms with Gasteiger partial charge in [-0.05, 0) is 6.07 Å². The van der Waals surface area contributed by atoms with E-state index in [4.69, 9.17) is 11.6 Å². The predicted octanol–water partition coefficient (Wildman–Crippen LogP) is 2.98. The van der Waals surface area contributed by atoms with Crippen molar-refractivity contribution in [3.63, 3.8) is 0 Å². The molecule has 15 heavy (non-hydrogen) atoms. The number of hydrogen-bond donors (Lipinski definition) is 0. The molecule has 0 spiro atoms. The van der Waals surface area contributed by atoms with Gasteiger partial charge < -0.3 is 0 Å². The van der Waals surface area contributed by atoms with Crippen LogP contribution in [0.4, 0.5) is 8.78 Å². The topological polar surface area (TPSA) is 30.0 Å². The van der Waals surface area contributed by atoms with Crippen molar-refractivity contribution in [2.75, 3.05) is 0 Å². The highest BCUT2D eigenvalue weighted by atomic mass is 35.5. The molecule has 1 aromatic carbocycles. The lowest BCUT2D eigenvalue weighted by atomic mass is 10.1. The molecule has 0 aliphatic carbocycles. The third kappa shape index (κ3) is 1.68. The number of aromatic nitrogens is 1. The van der Waals surface area contributed by atoms with Gasteiger partial charge in [0.25, 0.3) is 0 Å². The summed E-state index contributed by atoms with van der Waals surface area (Å²) in [5, 5.41) is 0.00500. The largest absolute Gasteiger partial charge is 0.298 e. The van der Waals surface area contributed by atoms with E-state index in [1.54, 1.807) is 0 Å². The van der Waals surface area contributed by atoms with Gasteiger partial charge in [0.15, 0.2) is 6.29 Å². The number of carbonyl (C=O) groups is 1. The second-order valence-corrected chi connectivity index (χ2v) is 3.30. The Morgan fingerprint density at radius 3 is 2.67 bits per heavy atom. The quantitative estimate of drug-likeness (QED) is 0.554. The van der Waals surface area contributed by atoms with Gasteiger partial charge in [0.05, 0.1) is 11.1 Å². The van der Waals surface area contributed by atoms with E-state index < -0.39 is 11.6 Å². The third-order valence-electron chi connectivity index (χ3n) is 1.96. The number of nitrogens with zero attached hydrogens (tertiary/aromatic N) is 1. The molecule has 2 rings (SSSR count). The molecule has 0 aliphatic rings. The fourth-order valence-corrected chi connectivity index (χ4v) is 1.46. The van der Waals surface area contributed by atoms with Gasteiger partial charge in [0, 0.05) is 17.5 Å². The molecule has 0 aliphatic heterocycles. The summed E-state index contributed by atoms with van der Waals surface area (Å²) in [5.41, 5.74) is 0.165. The van der Waals surface area contributed by atoms with Gasteiger partial charge >= 0.3 is 0 Å². The fourth-order valence-electron chi connectivity index (χ4n) is 1.27. The zero-order chi connectivity index (χ0) is 11.0.